The van der Waals surface area contributed by atoms with Crippen LogP contribution in [-0.2, 0) is 0 Å². The zero-order chi connectivity index (χ0) is 14.7. The lowest BCUT2D eigenvalue weighted by Crippen LogP contribution is -2.47. The second-order valence-electron chi connectivity index (χ2n) is 6.70. The second kappa shape index (κ2) is 7.13. The van der Waals surface area contributed by atoms with Gasteiger partial charge in [0.25, 0.3) is 0 Å². The Kier molecular flexibility index (Phi) is 5.20. The topological polar surface area (TPSA) is 24.1 Å². The van der Waals surface area contributed by atoms with Crippen LogP contribution in [0.2, 0.25) is 5.02 Å². The first kappa shape index (κ1) is 15.3. The van der Waals surface area contributed by atoms with Gasteiger partial charge in [-0.2, -0.15) is 0 Å². The lowest BCUT2D eigenvalue weighted by atomic mass is 9.79. The van der Waals surface area contributed by atoms with Crippen molar-refractivity contribution >= 4 is 11.6 Å². The highest BCUT2D eigenvalue weighted by Gasteiger charge is 2.33. The second-order valence-corrected chi connectivity index (χ2v) is 7.13. The molecule has 2 nitrogen and oxygen atoms in total. The number of benzene rings is 1. The SMILES string of the molecule is CC(NC1CCCCC1C1CCCN1)c1ccc(Cl)cc1. The standard InChI is InChI=1S/C18H27ClN2/c1-13(14-8-10-15(19)11-9-14)21-18-6-3-2-5-16(18)17-7-4-12-20-17/h8-11,13,16-18,20-21H,2-7,12H2,1H3. The van der Waals surface area contributed by atoms with Gasteiger partial charge in [0.15, 0.2) is 0 Å². The first-order valence-electron chi connectivity index (χ1n) is 8.49. The molecule has 3 heteroatoms. The van der Waals surface area contributed by atoms with Crippen molar-refractivity contribution in [3.63, 3.8) is 0 Å². The number of hydrogen-bond donors (Lipinski definition) is 2. The van der Waals surface area contributed by atoms with Crippen LogP contribution in [0.1, 0.15) is 57.1 Å². The van der Waals surface area contributed by atoms with E-state index in [1.54, 1.807) is 0 Å². The zero-order valence-corrected chi connectivity index (χ0v) is 13.7. The van der Waals surface area contributed by atoms with Gasteiger partial charge in [-0.1, -0.05) is 36.6 Å². The van der Waals surface area contributed by atoms with Crippen molar-refractivity contribution in [1.29, 1.82) is 0 Å². The van der Waals surface area contributed by atoms with Gasteiger partial charge in [-0.15, -0.1) is 0 Å². The Labute approximate surface area is 133 Å². The van der Waals surface area contributed by atoms with Gasteiger partial charge in [0.05, 0.1) is 0 Å². The summed E-state index contributed by atoms with van der Waals surface area (Å²) in [5.41, 5.74) is 1.34. The molecule has 2 fully saturated rings. The van der Waals surface area contributed by atoms with E-state index in [9.17, 15) is 0 Å². The zero-order valence-electron chi connectivity index (χ0n) is 12.9. The van der Waals surface area contributed by atoms with Gasteiger partial charge in [0.2, 0.25) is 0 Å². The minimum atomic E-state index is 0.397. The maximum Gasteiger partial charge on any atom is 0.0406 e. The Hall–Kier alpha value is -0.570. The van der Waals surface area contributed by atoms with Gasteiger partial charge in [-0.3, -0.25) is 0 Å². The summed E-state index contributed by atoms with van der Waals surface area (Å²) in [6, 6.07) is 10.1. The van der Waals surface area contributed by atoms with E-state index in [0.29, 0.717) is 12.1 Å². The fourth-order valence-corrected chi connectivity index (χ4v) is 4.22. The van der Waals surface area contributed by atoms with Gasteiger partial charge in [0, 0.05) is 23.1 Å². The minimum Gasteiger partial charge on any atom is -0.314 e. The van der Waals surface area contributed by atoms with Crippen molar-refractivity contribution in [2.45, 2.75) is 63.6 Å². The maximum atomic E-state index is 5.99. The van der Waals surface area contributed by atoms with Crippen molar-refractivity contribution < 1.29 is 0 Å². The third-order valence-electron chi connectivity index (χ3n) is 5.27. The molecular weight excluding hydrogens is 280 g/mol. The number of rotatable bonds is 4. The Morgan fingerprint density at radius 2 is 1.86 bits per heavy atom. The number of halogens is 1. The molecule has 0 bridgehead atoms. The average molecular weight is 307 g/mol. The van der Waals surface area contributed by atoms with E-state index in [0.717, 1.165) is 17.0 Å². The molecular formula is C18H27ClN2. The maximum absolute atomic E-state index is 5.99. The van der Waals surface area contributed by atoms with Crippen molar-refractivity contribution in [1.82, 2.24) is 10.6 Å². The quantitative estimate of drug-likeness (QED) is 0.866. The summed E-state index contributed by atoms with van der Waals surface area (Å²) in [7, 11) is 0. The van der Waals surface area contributed by atoms with Crippen molar-refractivity contribution in [2.75, 3.05) is 6.54 Å². The van der Waals surface area contributed by atoms with Gasteiger partial charge >= 0.3 is 0 Å². The van der Waals surface area contributed by atoms with Gasteiger partial charge in [0.1, 0.15) is 0 Å². The summed E-state index contributed by atoms with van der Waals surface area (Å²) in [6.07, 6.45) is 8.17. The predicted molar refractivity (Wildman–Crippen MR) is 89.8 cm³/mol. The Bertz CT molecular complexity index is 439. The Morgan fingerprint density at radius 3 is 2.57 bits per heavy atom. The van der Waals surface area contributed by atoms with E-state index in [4.69, 9.17) is 11.6 Å². The lowest BCUT2D eigenvalue weighted by Gasteiger charge is -2.38. The van der Waals surface area contributed by atoms with Crippen LogP contribution in [-0.4, -0.2) is 18.6 Å². The summed E-state index contributed by atoms with van der Waals surface area (Å²) in [6.45, 7) is 3.48. The summed E-state index contributed by atoms with van der Waals surface area (Å²) >= 11 is 5.99. The lowest BCUT2D eigenvalue weighted by molar-refractivity contribution is 0.203. The molecule has 0 aromatic heterocycles. The molecule has 1 heterocycles. The third kappa shape index (κ3) is 3.80. The van der Waals surface area contributed by atoms with E-state index in [-0.39, 0.29) is 0 Å². The molecule has 1 saturated heterocycles. The number of nitrogens with one attached hydrogen (secondary N) is 2. The highest BCUT2D eigenvalue weighted by atomic mass is 35.5. The molecule has 0 amide bonds. The van der Waals surface area contributed by atoms with Crippen LogP contribution < -0.4 is 10.6 Å². The monoisotopic (exact) mass is 306 g/mol. The van der Waals surface area contributed by atoms with Crippen molar-refractivity contribution in [3.05, 3.63) is 34.9 Å². The van der Waals surface area contributed by atoms with Crippen LogP contribution in [0.5, 0.6) is 0 Å². The van der Waals surface area contributed by atoms with Gasteiger partial charge in [-0.25, -0.2) is 0 Å². The van der Waals surface area contributed by atoms with E-state index < -0.39 is 0 Å². The average Bonchev–Trinajstić information content (AvgIpc) is 3.02. The largest absolute Gasteiger partial charge is 0.314 e. The molecule has 116 valence electrons. The molecule has 21 heavy (non-hydrogen) atoms. The van der Waals surface area contributed by atoms with Crippen LogP contribution in [0.3, 0.4) is 0 Å². The summed E-state index contributed by atoms with van der Waals surface area (Å²) in [4.78, 5) is 0. The molecule has 1 aliphatic carbocycles. The van der Waals surface area contributed by atoms with Crippen LogP contribution in [0, 0.1) is 5.92 Å². The highest BCUT2D eigenvalue weighted by Crippen LogP contribution is 2.32. The normalized spacial score (nSPS) is 31.2. The molecule has 0 spiro atoms. The van der Waals surface area contributed by atoms with E-state index >= 15 is 0 Å². The predicted octanol–water partition coefficient (Wildman–Crippen LogP) is 4.30. The smallest absolute Gasteiger partial charge is 0.0406 e. The van der Waals surface area contributed by atoms with Crippen LogP contribution in [0.15, 0.2) is 24.3 Å². The first-order chi connectivity index (χ1) is 10.2. The van der Waals surface area contributed by atoms with E-state index in [1.807, 2.05) is 12.1 Å². The Balaban J connectivity index is 1.64. The molecule has 1 aromatic carbocycles. The summed E-state index contributed by atoms with van der Waals surface area (Å²) in [5, 5.41) is 8.43. The fraction of sp³-hybridized carbons (Fsp3) is 0.667. The molecule has 4 unspecified atom stereocenters. The third-order valence-corrected chi connectivity index (χ3v) is 5.52. The molecule has 4 atom stereocenters. The molecule has 2 N–H and O–H groups in total. The van der Waals surface area contributed by atoms with Gasteiger partial charge in [-0.05, 0) is 62.8 Å². The van der Waals surface area contributed by atoms with Gasteiger partial charge < -0.3 is 10.6 Å². The first-order valence-corrected chi connectivity index (χ1v) is 8.87. The summed E-state index contributed by atoms with van der Waals surface area (Å²) in [5.74, 6) is 0.802. The fourth-order valence-electron chi connectivity index (χ4n) is 4.09. The van der Waals surface area contributed by atoms with Crippen LogP contribution in [0.25, 0.3) is 0 Å². The molecule has 1 saturated carbocycles. The number of hydrogen-bond acceptors (Lipinski definition) is 2. The van der Waals surface area contributed by atoms with Crippen molar-refractivity contribution in [3.8, 4) is 0 Å². The van der Waals surface area contributed by atoms with Crippen LogP contribution >= 0.6 is 11.6 Å². The van der Waals surface area contributed by atoms with Crippen LogP contribution in [0.4, 0.5) is 0 Å². The minimum absolute atomic E-state index is 0.397. The molecule has 3 rings (SSSR count). The summed E-state index contributed by atoms with van der Waals surface area (Å²) < 4.78 is 0. The molecule has 0 radical (unpaired) electrons. The van der Waals surface area contributed by atoms with E-state index in [1.165, 1.54) is 50.6 Å². The van der Waals surface area contributed by atoms with Crippen molar-refractivity contribution in [2.24, 2.45) is 5.92 Å². The molecule has 1 aromatic rings. The molecule has 1 aliphatic heterocycles. The Morgan fingerprint density at radius 1 is 1.10 bits per heavy atom. The molecule has 2 aliphatic rings. The highest BCUT2D eigenvalue weighted by molar-refractivity contribution is 6.30. The van der Waals surface area contributed by atoms with E-state index in [2.05, 4.69) is 29.7 Å².